The molecule has 0 aromatic heterocycles. The minimum atomic E-state index is -0.215. The Hall–Kier alpha value is -1.35. The van der Waals surface area contributed by atoms with E-state index in [2.05, 4.69) is 18.0 Å². The zero-order chi connectivity index (χ0) is 14.1. The van der Waals surface area contributed by atoms with Crippen molar-refractivity contribution in [2.75, 3.05) is 14.2 Å². The summed E-state index contributed by atoms with van der Waals surface area (Å²) in [6.45, 7) is 0. The van der Waals surface area contributed by atoms with E-state index >= 15 is 0 Å². The van der Waals surface area contributed by atoms with Crippen molar-refractivity contribution in [2.24, 2.45) is 0 Å². The largest absolute Gasteiger partial charge is 0.497 e. The lowest BCUT2D eigenvalue weighted by Crippen LogP contribution is -2.46. The van der Waals surface area contributed by atoms with Crippen LogP contribution in [0.5, 0.6) is 5.75 Å². The highest BCUT2D eigenvalue weighted by Crippen LogP contribution is 2.33. The number of halogens is 1. The summed E-state index contributed by atoms with van der Waals surface area (Å²) in [4.78, 5) is 2.50. The Kier molecular flexibility index (Phi) is 3.79. The number of ether oxygens (including phenoxy) is 1. The number of methoxy groups -OCH3 is 1. The fourth-order valence-corrected chi connectivity index (χ4v) is 3.56. The van der Waals surface area contributed by atoms with Gasteiger partial charge in [0.15, 0.2) is 0 Å². The first-order valence-corrected chi connectivity index (χ1v) is 7.40. The van der Waals surface area contributed by atoms with Crippen LogP contribution in [0.3, 0.4) is 0 Å². The number of hydrogen-bond donors (Lipinski definition) is 0. The van der Waals surface area contributed by atoms with Gasteiger partial charge in [0.2, 0.25) is 0 Å². The van der Waals surface area contributed by atoms with Crippen LogP contribution in [0.25, 0.3) is 0 Å². The third-order valence-electron chi connectivity index (χ3n) is 4.66. The number of fused-ring (bicyclic) bond motifs is 2. The standard InChI is InChI=1S/C17H22FNO/c1-19-15-4-3-5-16(19)9-13(8-15)6-12-7-14(18)11-17(10-12)20-2/h7-8,10-11,15-16H,3-6,9H2,1-2H3. The molecule has 2 atom stereocenters. The lowest BCUT2D eigenvalue weighted by molar-refractivity contribution is 0.129. The minimum absolute atomic E-state index is 0.215. The monoisotopic (exact) mass is 275 g/mol. The molecule has 2 aliphatic heterocycles. The van der Waals surface area contributed by atoms with Gasteiger partial charge in [-0.1, -0.05) is 18.1 Å². The zero-order valence-corrected chi connectivity index (χ0v) is 12.2. The number of piperidine rings is 1. The van der Waals surface area contributed by atoms with Crippen LogP contribution in [0, 0.1) is 5.82 Å². The molecule has 3 heteroatoms. The van der Waals surface area contributed by atoms with Gasteiger partial charge in [-0.15, -0.1) is 0 Å². The zero-order valence-electron chi connectivity index (χ0n) is 12.2. The molecule has 2 unspecified atom stereocenters. The van der Waals surface area contributed by atoms with E-state index < -0.39 is 0 Å². The maximum absolute atomic E-state index is 13.6. The predicted octanol–water partition coefficient (Wildman–Crippen LogP) is 3.56. The van der Waals surface area contributed by atoms with Gasteiger partial charge in [-0.05, 0) is 50.4 Å². The molecule has 0 saturated carbocycles. The Labute approximate surface area is 120 Å². The van der Waals surface area contributed by atoms with Gasteiger partial charge in [-0.25, -0.2) is 4.39 Å². The molecule has 1 fully saturated rings. The summed E-state index contributed by atoms with van der Waals surface area (Å²) in [6, 6.07) is 6.24. The fourth-order valence-electron chi connectivity index (χ4n) is 3.56. The Morgan fingerprint density at radius 3 is 2.90 bits per heavy atom. The molecule has 108 valence electrons. The number of likely N-dealkylation sites (N-methyl/N-ethyl adjacent to an activating group) is 1. The average Bonchev–Trinajstić information content (AvgIpc) is 2.39. The molecule has 2 aliphatic rings. The molecule has 2 bridgehead atoms. The van der Waals surface area contributed by atoms with E-state index in [4.69, 9.17) is 4.74 Å². The summed E-state index contributed by atoms with van der Waals surface area (Å²) in [7, 11) is 3.81. The van der Waals surface area contributed by atoms with Gasteiger partial charge in [-0.2, -0.15) is 0 Å². The Morgan fingerprint density at radius 2 is 2.15 bits per heavy atom. The molecule has 1 aromatic rings. The summed E-state index contributed by atoms with van der Waals surface area (Å²) >= 11 is 0. The number of benzene rings is 1. The van der Waals surface area contributed by atoms with Crippen molar-refractivity contribution < 1.29 is 9.13 Å². The van der Waals surface area contributed by atoms with E-state index in [9.17, 15) is 4.39 Å². The SMILES string of the molecule is COc1cc(F)cc(CC2=CC3CCCC(C2)N3C)c1. The molecule has 20 heavy (non-hydrogen) atoms. The first-order chi connectivity index (χ1) is 9.65. The smallest absolute Gasteiger partial charge is 0.127 e. The van der Waals surface area contributed by atoms with Crippen LogP contribution in [0.15, 0.2) is 29.8 Å². The number of rotatable bonds is 3. The first-order valence-electron chi connectivity index (χ1n) is 7.40. The molecule has 2 heterocycles. The van der Waals surface area contributed by atoms with Crippen LogP contribution in [0.2, 0.25) is 0 Å². The summed E-state index contributed by atoms with van der Waals surface area (Å²) in [5.74, 6) is 0.391. The van der Waals surface area contributed by atoms with Crippen molar-refractivity contribution in [2.45, 2.75) is 44.2 Å². The normalized spacial score (nSPS) is 26.2. The third-order valence-corrected chi connectivity index (χ3v) is 4.66. The highest BCUT2D eigenvalue weighted by atomic mass is 19.1. The van der Waals surface area contributed by atoms with Crippen molar-refractivity contribution in [3.63, 3.8) is 0 Å². The van der Waals surface area contributed by atoms with Gasteiger partial charge in [-0.3, -0.25) is 4.90 Å². The van der Waals surface area contributed by atoms with Crippen molar-refractivity contribution >= 4 is 0 Å². The lowest BCUT2D eigenvalue weighted by atomic mass is 9.83. The topological polar surface area (TPSA) is 12.5 Å². The molecule has 0 N–H and O–H groups in total. The molecule has 2 nitrogen and oxygen atoms in total. The van der Waals surface area contributed by atoms with Crippen LogP contribution in [0.4, 0.5) is 4.39 Å². The minimum Gasteiger partial charge on any atom is -0.497 e. The van der Waals surface area contributed by atoms with Gasteiger partial charge in [0.1, 0.15) is 11.6 Å². The second-order valence-corrected chi connectivity index (χ2v) is 6.02. The van der Waals surface area contributed by atoms with E-state index in [0.29, 0.717) is 17.8 Å². The summed E-state index contributed by atoms with van der Waals surface area (Å²) < 4.78 is 18.7. The Bertz CT molecular complexity index is 526. The molecule has 0 radical (unpaired) electrons. The second-order valence-electron chi connectivity index (χ2n) is 6.02. The van der Waals surface area contributed by atoms with Gasteiger partial charge in [0.05, 0.1) is 7.11 Å². The lowest BCUT2D eigenvalue weighted by Gasteiger charge is -2.42. The molecule has 0 spiro atoms. The quantitative estimate of drug-likeness (QED) is 0.782. The van der Waals surface area contributed by atoms with Crippen LogP contribution in [-0.2, 0) is 6.42 Å². The molecule has 1 aromatic carbocycles. The molecule has 3 rings (SSSR count). The van der Waals surface area contributed by atoms with Crippen LogP contribution in [0.1, 0.15) is 31.2 Å². The third kappa shape index (κ3) is 2.73. The van der Waals surface area contributed by atoms with E-state index in [1.165, 1.54) is 30.9 Å². The van der Waals surface area contributed by atoms with Crippen molar-refractivity contribution in [3.8, 4) is 5.75 Å². The number of nitrogens with zero attached hydrogens (tertiary/aromatic N) is 1. The number of hydrogen-bond acceptors (Lipinski definition) is 2. The molecular weight excluding hydrogens is 253 g/mol. The molecular formula is C17H22FNO. The summed E-state index contributed by atoms with van der Waals surface area (Å²) in [6.07, 6.45) is 8.23. The van der Waals surface area contributed by atoms with Gasteiger partial charge >= 0.3 is 0 Å². The van der Waals surface area contributed by atoms with Crippen molar-refractivity contribution in [3.05, 3.63) is 41.2 Å². The second kappa shape index (κ2) is 5.57. The summed E-state index contributed by atoms with van der Waals surface area (Å²) in [5, 5.41) is 0. The van der Waals surface area contributed by atoms with Crippen LogP contribution in [-0.4, -0.2) is 31.1 Å². The van der Waals surface area contributed by atoms with Gasteiger partial charge < -0.3 is 4.74 Å². The highest BCUT2D eigenvalue weighted by molar-refractivity contribution is 5.33. The maximum atomic E-state index is 13.6. The molecule has 1 saturated heterocycles. The first kappa shape index (κ1) is 13.6. The molecule has 0 amide bonds. The maximum Gasteiger partial charge on any atom is 0.127 e. The average molecular weight is 275 g/mol. The molecule has 0 aliphatic carbocycles. The summed E-state index contributed by atoms with van der Waals surface area (Å²) in [5.41, 5.74) is 2.46. The predicted molar refractivity (Wildman–Crippen MR) is 78.5 cm³/mol. The highest BCUT2D eigenvalue weighted by Gasteiger charge is 2.30. The Morgan fingerprint density at radius 1 is 1.30 bits per heavy atom. The Balaban J connectivity index is 1.79. The van der Waals surface area contributed by atoms with E-state index in [1.807, 2.05) is 6.07 Å². The van der Waals surface area contributed by atoms with Gasteiger partial charge in [0.25, 0.3) is 0 Å². The van der Waals surface area contributed by atoms with E-state index in [1.54, 1.807) is 13.2 Å². The van der Waals surface area contributed by atoms with Crippen molar-refractivity contribution in [1.29, 1.82) is 0 Å². The van der Waals surface area contributed by atoms with Crippen molar-refractivity contribution in [1.82, 2.24) is 4.90 Å². The van der Waals surface area contributed by atoms with Gasteiger partial charge in [0, 0.05) is 18.2 Å². The van der Waals surface area contributed by atoms with Crippen LogP contribution < -0.4 is 4.74 Å². The fraction of sp³-hybridized carbons (Fsp3) is 0.529. The van der Waals surface area contributed by atoms with E-state index in [-0.39, 0.29) is 5.82 Å². The van der Waals surface area contributed by atoms with Crippen LogP contribution >= 0.6 is 0 Å². The van der Waals surface area contributed by atoms with E-state index in [0.717, 1.165) is 18.4 Å².